The van der Waals surface area contributed by atoms with E-state index in [1.54, 1.807) is 13.0 Å². The molecule has 1 aliphatic heterocycles. The van der Waals surface area contributed by atoms with E-state index in [-0.39, 0.29) is 43.0 Å². The average Bonchev–Trinajstić information content (AvgIpc) is 2.72. The Morgan fingerprint density at radius 1 is 1.23 bits per heavy atom. The number of aliphatic hydroxyl groups is 1. The molecule has 0 saturated heterocycles. The molecule has 7 nitrogen and oxygen atoms in total. The van der Waals surface area contributed by atoms with Gasteiger partial charge in [0, 0.05) is 42.4 Å². The van der Waals surface area contributed by atoms with Gasteiger partial charge in [-0.25, -0.2) is 4.98 Å². The van der Waals surface area contributed by atoms with E-state index in [1.165, 1.54) is 0 Å². The number of anilines is 2. The standard InChI is InChI=1S/C23H30N4O3/c1-5-19-15(3)22(26-21-8-6-7-14(2)25-21)18-13-17(23(30)24-11-12-28)9-10-20(18)27(19)16(4)29/h6-10,13,15,19,22,28H,5,11-12H2,1-4H3,(H,24,30)(H,25,26)/t15-,19-,22+/m0/s1. The first kappa shape index (κ1) is 21.8. The highest BCUT2D eigenvalue weighted by Gasteiger charge is 2.40. The van der Waals surface area contributed by atoms with Crippen molar-refractivity contribution in [2.24, 2.45) is 5.92 Å². The molecule has 30 heavy (non-hydrogen) atoms. The lowest BCUT2D eigenvalue weighted by atomic mass is 9.80. The van der Waals surface area contributed by atoms with Crippen molar-refractivity contribution in [3.63, 3.8) is 0 Å². The van der Waals surface area contributed by atoms with Crippen molar-refractivity contribution >= 4 is 23.3 Å². The lowest BCUT2D eigenvalue weighted by Gasteiger charge is -2.45. The molecule has 0 spiro atoms. The molecule has 0 fully saturated rings. The number of amides is 2. The molecule has 3 atom stereocenters. The molecule has 160 valence electrons. The van der Waals surface area contributed by atoms with Gasteiger partial charge in [-0.3, -0.25) is 9.59 Å². The van der Waals surface area contributed by atoms with Gasteiger partial charge in [-0.1, -0.05) is 19.9 Å². The van der Waals surface area contributed by atoms with Crippen molar-refractivity contribution < 1.29 is 14.7 Å². The number of aryl methyl sites for hydroxylation is 1. The maximum Gasteiger partial charge on any atom is 0.251 e. The molecule has 1 aromatic carbocycles. The van der Waals surface area contributed by atoms with Gasteiger partial charge < -0.3 is 20.6 Å². The predicted octanol–water partition coefficient (Wildman–Crippen LogP) is 3.05. The quantitative estimate of drug-likeness (QED) is 0.680. The second-order valence-corrected chi connectivity index (χ2v) is 7.76. The maximum absolute atomic E-state index is 12.5. The zero-order valence-corrected chi connectivity index (χ0v) is 18.0. The molecule has 0 bridgehead atoms. The Morgan fingerprint density at radius 2 is 2.00 bits per heavy atom. The fraction of sp³-hybridized carbons (Fsp3) is 0.435. The van der Waals surface area contributed by atoms with Crippen molar-refractivity contribution in [1.82, 2.24) is 10.3 Å². The van der Waals surface area contributed by atoms with Crippen molar-refractivity contribution in [2.75, 3.05) is 23.4 Å². The number of nitrogens with zero attached hydrogens (tertiary/aromatic N) is 2. The summed E-state index contributed by atoms with van der Waals surface area (Å²) in [7, 11) is 0. The van der Waals surface area contributed by atoms with Gasteiger partial charge in [0.15, 0.2) is 0 Å². The summed E-state index contributed by atoms with van der Waals surface area (Å²) in [6, 6.07) is 11.2. The Balaban J connectivity index is 2.08. The maximum atomic E-state index is 12.5. The van der Waals surface area contributed by atoms with Crippen LogP contribution in [0.3, 0.4) is 0 Å². The van der Waals surface area contributed by atoms with E-state index in [2.05, 4.69) is 29.5 Å². The summed E-state index contributed by atoms with van der Waals surface area (Å²) in [4.78, 5) is 31.4. The van der Waals surface area contributed by atoms with E-state index in [9.17, 15) is 9.59 Å². The minimum absolute atomic E-state index is 0.0143. The van der Waals surface area contributed by atoms with E-state index < -0.39 is 0 Å². The van der Waals surface area contributed by atoms with E-state index in [0.29, 0.717) is 5.56 Å². The molecule has 7 heteroatoms. The lowest BCUT2D eigenvalue weighted by molar-refractivity contribution is -0.117. The Labute approximate surface area is 177 Å². The molecule has 1 aromatic heterocycles. The molecule has 3 rings (SSSR count). The highest BCUT2D eigenvalue weighted by molar-refractivity contribution is 5.98. The third kappa shape index (κ3) is 4.31. The van der Waals surface area contributed by atoms with Crippen molar-refractivity contribution in [1.29, 1.82) is 0 Å². The summed E-state index contributed by atoms with van der Waals surface area (Å²) in [5.74, 6) is 0.599. The molecule has 1 aliphatic rings. The number of carbonyl (C=O) groups is 2. The van der Waals surface area contributed by atoms with Crippen molar-refractivity contribution in [2.45, 2.75) is 46.2 Å². The minimum Gasteiger partial charge on any atom is -0.395 e. The monoisotopic (exact) mass is 410 g/mol. The fourth-order valence-corrected chi connectivity index (χ4v) is 4.30. The van der Waals surface area contributed by atoms with E-state index in [0.717, 1.165) is 29.2 Å². The Bertz CT molecular complexity index is 930. The number of pyridine rings is 1. The topological polar surface area (TPSA) is 94.6 Å². The second kappa shape index (κ2) is 9.26. The number of hydrogen-bond donors (Lipinski definition) is 3. The van der Waals surface area contributed by atoms with Crippen molar-refractivity contribution in [3.8, 4) is 0 Å². The van der Waals surface area contributed by atoms with Crippen LogP contribution in [0.25, 0.3) is 0 Å². The van der Waals surface area contributed by atoms with E-state index in [1.807, 2.05) is 42.2 Å². The van der Waals surface area contributed by atoms with Gasteiger partial charge in [0.2, 0.25) is 5.91 Å². The summed E-state index contributed by atoms with van der Waals surface area (Å²) < 4.78 is 0. The highest BCUT2D eigenvalue weighted by Crippen LogP contribution is 2.43. The predicted molar refractivity (Wildman–Crippen MR) is 118 cm³/mol. The number of carbonyl (C=O) groups excluding carboxylic acids is 2. The number of benzene rings is 1. The highest BCUT2D eigenvalue weighted by atomic mass is 16.3. The van der Waals surface area contributed by atoms with Gasteiger partial charge in [0.25, 0.3) is 5.91 Å². The number of fused-ring (bicyclic) bond motifs is 1. The molecule has 0 radical (unpaired) electrons. The van der Waals surface area contributed by atoms with Crippen LogP contribution in [-0.4, -0.2) is 41.1 Å². The SMILES string of the molecule is CC[C@H]1[C@H](C)[C@@H](Nc2cccc(C)n2)c2cc(C(=O)NCCO)ccc2N1C(C)=O. The first-order chi connectivity index (χ1) is 14.4. The van der Waals surface area contributed by atoms with E-state index in [4.69, 9.17) is 5.11 Å². The molecule has 3 N–H and O–H groups in total. The van der Waals surface area contributed by atoms with Gasteiger partial charge in [0.05, 0.1) is 12.6 Å². The van der Waals surface area contributed by atoms with Gasteiger partial charge in [-0.2, -0.15) is 0 Å². The van der Waals surface area contributed by atoms with Crippen LogP contribution in [0.2, 0.25) is 0 Å². The summed E-state index contributed by atoms with van der Waals surface area (Å²) in [6.07, 6.45) is 0.818. The first-order valence-corrected chi connectivity index (χ1v) is 10.4. The van der Waals surface area contributed by atoms with Crippen LogP contribution in [0, 0.1) is 12.8 Å². The zero-order valence-electron chi connectivity index (χ0n) is 18.0. The first-order valence-electron chi connectivity index (χ1n) is 10.4. The van der Waals surface area contributed by atoms with Crippen LogP contribution >= 0.6 is 0 Å². The van der Waals surface area contributed by atoms with Gasteiger partial charge in [0.1, 0.15) is 5.82 Å². The zero-order chi connectivity index (χ0) is 21.8. The third-order valence-electron chi connectivity index (χ3n) is 5.70. The molecule has 2 aromatic rings. The van der Waals surface area contributed by atoms with Gasteiger partial charge in [-0.05, 0) is 49.2 Å². The van der Waals surface area contributed by atoms with Crippen LogP contribution in [0.15, 0.2) is 36.4 Å². The largest absolute Gasteiger partial charge is 0.395 e. The second-order valence-electron chi connectivity index (χ2n) is 7.76. The van der Waals surface area contributed by atoms with Crippen LogP contribution < -0.4 is 15.5 Å². The minimum atomic E-state index is -0.251. The van der Waals surface area contributed by atoms with Crippen molar-refractivity contribution in [3.05, 3.63) is 53.2 Å². The number of nitrogens with one attached hydrogen (secondary N) is 2. The average molecular weight is 411 g/mol. The normalized spacial score (nSPS) is 20.4. The summed E-state index contributed by atoms with van der Waals surface area (Å²) in [5.41, 5.74) is 3.12. The smallest absolute Gasteiger partial charge is 0.251 e. The number of rotatable bonds is 6. The van der Waals surface area contributed by atoms with Crippen LogP contribution in [0.5, 0.6) is 0 Å². The van der Waals surface area contributed by atoms with Gasteiger partial charge in [-0.15, -0.1) is 0 Å². The summed E-state index contributed by atoms with van der Waals surface area (Å²) >= 11 is 0. The van der Waals surface area contributed by atoms with Crippen LogP contribution in [-0.2, 0) is 4.79 Å². The number of aromatic nitrogens is 1. The van der Waals surface area contributed by atoms with Crippen LogP contribution in [0.1, 0.15) is 54.8 Å². The Kier molecular flexibility index (Phi) is 6.72. The molecule has 0 unspecified atom stereocenters. The Hall–Kier alpha value is -2.93. The fourth-order valence-electron chi connectivity index (χ4n) is 4.30. The Morgan fingerprint density at radius 3 is 2.63 bits per heavy atom. The summed E-state index contributed by atoms with van der Waals surface area (Å²) in [6.45, 7) is 7.81. The molecule has 2 heterocycles. The molecule has 2 amide bonds. The molecule has 0 aliphatic carbocycles. The van der Waals surface area contributed by atoms with Gasteiger partial charge >= 0.3 is 0 Å². The lowest BCUT2D eigenvalue weighted by Crippen LogP contribution is -2.49. The number of hydrogen-bond acceptors (Lipinski definition) is 5. The molecular weight excluding hydrogens is 380 g/mol. The number of aliphatic hydroxyl groups excluding tert-OH is 1. The van der Waals surface area contributed by atoms with E-state index >= 15 is 0 Å². The summed E-state index contributed by atoms with van der Waals surface area (Å²) in [5, 5.41) is 15.2. The van der Waals surface area contributed by atoms with Crippen LogP contribution in [0.4, 0.5) is 11.5 Å². The third-order valence-corrected chi connectivity index (χ3v) is 5.70. The molecule has 0 saturated carbocycles. The molecular formula is C23H30N4O3.